The van der Waals surface area contributed by atoms with E-state index in [1.165, 1.54) is 25.6 Å². The van der Waals surface area contributed by atoms with Gasteiger partial charge in [0.2, 0.25) is 0 Å². The van der Waals surface area contributed by atoms with Crippen molar-refractivity contribution in [2.75, 3.05) is 20.8 Å². The zero-order chi connectivity index (χ0) is 19.4. The molecule has 1 aliphatic rings. The molecule has 0 bridgehead atoms. The Labute approximate surface area is 160 Å². The molecule has 0 spiro atoms. The molecule has 3 rings (SSSR count). The van der Waals surface area contributed by atoms with E-state index in [0.29, 0.717) is 35.2 Å². The zero-order valence-electron chi connectivity index (χ0n) is 15.1. The molecule has 1 unspecified atom stereocenters. The van der Waals surface area contributed by atoms with Crippen LogP contribution in [0, 0.1) is 0 Å². The van der Waals surface area contributed by atoms with Gasteiger partial charge in [0.1, 0.15) is 11.5 Å². The smallest absolute Gasteiger partial charge is 0.305 e. The number of methoxy groups -OCH3 is 2. The van der Waals surface area contributed by atoms with Gasteiger partial charge >= 0.3 is 5.97 Å². The Hall–Kier alpha value is -2.58. The van der Waals surface area contributed by atoms with E-state index in [-0.39, 0.29) is 12.3 Å². The number of carbonyl (C=O) groups excluding carboxylic acids is 1. The number of nitrogens with one attached hydrogen (secondary N) is 1. The van der Waals surface area contributed by atoms with E-state index >= 15 is 0 Å². The number of ether oxygens (including phenoxy) is 3. The third-order valence-electron chi connectivity index (χ3n) is 4.35. The SMILES string of the molecule is COc1ccc(C(CC(=O)O)NC(=O)c2cc3c(s2)CCOC3)c(OC)c1. The highest BCUT2D eigenvalue weighted by atomic mass is 32.1. The van der Waals surface area contributed by atoms with Crippen LogP contribution < -0.4 is 14.8 Å². The van der Waals surface area contributed by atoms with Gasteiger partial charge in [-0.15, -0.1) is 11.3 Å². The first-order valence-corrected chi connectivity index (χ1v) is 9.27. The predicted molar refractivity (Wildman–Crippen MR) is 99.7 cm³/mol. The van der Waals surface area contributed by atoms with Crippen molar-refractivity contribution in [1.82, 2.24) is 5.32 Å². The molecular formula is C19H21NO6S. The van der Waals surface area contributed by atoms with Crippen LogP contribution in [0.2, 0.25) is 0 Å². The van der Waals surface area contributed by atoms with Crippen molar-refractivity contribution in [3.63, 3.8) is 0 Å². The topological polar surface area (TPSA) is 94.1 Å². The molecule has 8 heteroatoms. The minimum atomic E-state index is -1.02. The number of hydrogen-bond donors (Lipinski definition) is 2. The van der Waals surface area contributed by atoms with Crippen LogP contribution in [0.4, 0.5) is 0 Å². The van der Waals surface area contributed by atoms with Gasteiger partial charge < -0.3 is 24.6 Å². The Morgan fingerprint density at radius 3 is 2.78 bits per heavy atom. The molecule has 7 nitrogen and oxygen atoms in total. The van der Waals surface area contributed by atoms with Crippen LogP contribution in [0.25, 0.3) is 0 Å². The maximum atomic E-state index is 12.8. The second-order valence-electron chi connectivity index (χ2n) is 6.09. The van der Waals surface area contributed by atoms with Gasteiger partial charge in [0.05, 0.1) is 44.8 Å². The van der Waals surface area contributed by atoms with E-state index in [9.17, 15) is 14.7 Å². The number of carbonyl (C=O) groups is 2. The number of carboxylic acids is 1. The number of aliphatic carboxylic acids is 1. The van der Waals surface area contributed by atoms with Gasteiger partial charge in [-0.3, -0.25) is 9.59 Å². The summed E-state index contributed by atoms with van der Waals surface area (Å²) in [6, 6.07) is 6.17. The van der Waals surface area contributed by atoms with Crippen LogP contribution >= 0.6 is 11.3 Å². The Bertz CT molecular complexity index is 823. The number of carboxylic acid groups (broad SMARTS) is 1. The number of amides is 1. The maximum Gasteiger partial charge on any atom is 0.305 e. The third-order valence-corrected chi connectivity index (χ3v) is 5.59. The van der Waals surface area contributed by atoms with Crippen LogP contribution in [0.15, 0.2) is 24.3 Å². The van der Waals surface area contributed by atoms with Crippen molar-refractivity contribution in [3.8, 4) is 11.5 Å². The lowest BCUT2D eigenvalue weighted by molar-refractivity contribution is -0.137. The molecule has 1 aliphatic heterocycles. The minimum absolute atomic E-state index is 0.261. The zero-order valence-corrected chi connectivity index (χ0v) is 15.9. The van der Waals surface area contributed by atoms with Gasteiger partial charge in [0, 0.05) is 22.9 Å². The maximum absolute atomic E-state index is 12.8. The number of thiophene rings is 1. The van der Waals surface area contributed by atoms with E-state index < -0.39 is 12.0 Å². The summed E-state index contributed by atoms with van der Waals surface area (Å²) in [5, 5.41) is 12.1. The van der Waals surface area contributed by atoms with Crippen LogP contribution in [-0.4, -0.2) is 37.8 Å². The molecule has 2 N–H and O–H groups in total. The first-order chi connectivity index (χ1) is 13.0. The van der Waals surface area contributed by atoms with Crippen molar-refractivity contribution in [3.05, 3.63) is 45.1 Å². The summed E-state index contributed by atoms with van der Waals surface area (Å²) in [6.45, 7) is 1.16. The van der Waals surface area contributed by atoms with Crippen LogP contribution in [0.1, 0.15) is 38.1 Å². The van der Waals surface area contributed by atoms with E-state index in [1.807, 2.05) is 6.07 Å². The molecule has 0 fully saturated rings. The number of hydrogen-bond acceptors (Lipinski definition) is 6. The van der Waals surface area contributed by atoms with E-state index in [1.54, 1.807) is 18.2 Å². The third kappa shape index (κ3) is 4.40. The second kappa shape index (κ2) is 8.41. The molecule has 27 heavy (non-hydrogen) atoms. The summed E-state index contributed by atoms with van der Waals surface area (Å²) in [6.07, 6.45) is 0.529. The molecule has 1 aromatic heterocycles. The van der Waals surface area contributed by atoms with Gasteiger partial charge in [0.15, 0.2) is 0 Å². The molecule has 144 valence electrons. The molecule has 0 saturated heterocycles. The summed E-state index contributed by atoms with van der Waals surface area (Å²) in [5.74, 6) is -0.280. The van der Waals surface area contributed by atoms with Crippen LogP contribution in [0.3, 0.4) is 0 Å². The van der Waals surface area contributed by atoms with Crippen molar-refractivity contribution >= 4 is 23.2 Å². The van der Waals surface area contributed by atoms with E-state index in [0.717, 1.165) is 16.9 Å². The summed E-state index contributed by atoms with van der Waals surface area (Å²) in [5.41, 5.74) is 1.60. The van der Waals surface area contributed by atoms with Gasteiger partial charge in [-0.05, 0) is 23.8 Å². The Kier molecular flexibility index (Phi) is 5.98. The van der Waals surface area contributed by atoms with Gasteiger partial charge in [-0.1, -0.05) is 0 Å². The molecule has 2 heterocycles. The van der Waals surface area contributed by atoms with Crippen molar-refractivity contribution in [2.45, 2.75) is 25.5 Å². The predicted octanol–water partition coefficient (Wildman–Crippen LogP) is 2.78. The highest BCUT2D eigenvalue weighted by molar-refractivity contribution is 7.14. The van der Waals surface area contributed by atoms with Crippen LogP contribution in [0.5, 0.6) is 11.5 Å². The highest BCUT2D eigenvalue weighted by Crippen LogP contribution is 2.32. The van der Waals surface area contributed by atoms with Crippen molar-refractivity contribution in [1.29, 1.82) is 0 Å². The summed E-state index contributed by atoms with van der Waals surface area (Å²) in [7, 11) is 3.03. The summed E-state index contributed by atoms with van der Waals surface area (Å²) < 4.78 is 16.0. The Morgan fingerprint density at radius 2 is 2.11 bits per heavy atom. The lowest BCUT2D eigenvalue weighted by atomic mass is 10.0. The van der Waals surface area contributed by atoms with Crippen molar-refractivity contribution in [2.24, 2.45) is 0 Å². The average molecular weight is 391 g/mol. The largest absolute Gasteiger partial charge is 0.497 e. The molecule has 0 radical (unpaired) electrons. The van der Waals surface area contributed by atoms with E-state index in [4.69, 9.17) is 14.2 Å². The molecule has 1 atom stereocenters. The lowest BCUT2D eigenvalue weighted by Gasteiger charge is -2.20. The van der Waals surface area contributed by atoms with Gasteiger partial charge in [-0.25, -0.2) is 0 Å². The normalized spacial score (nSPS) is 14.1. The van der Waals surface area contributed by atoms with Gasteiger partial charge in [0.25, 0.3) is 5.91 Å². The lowest BCUT2D eigenvalue weighted by Crippen LogP contribution is -2.30. The Balaban J connectivity index is 1.86. The fraction of sp³-hybridized carbons (Fsp3) is 0.368. The van der Waals surface area contributed by atoms with Crippen molar-refractivity contribution < 1.29 is 28.9 Å². The second-order valence-corrected chi connectivity index (χ2v) is 7.23. The standard InChI is InChI=1S/C19H21NO6S/c1-24-12-3-4-13(15(8-12)25-2)14(9-18(21)22)20-19(23)17-7-11-10-26-6-5-16(11)27-17/h3-4,7-8,14H,5-6,9-10H2,1-2H3,(H,20,23)(H,21,22). The first-order valence-electron chi connectivity index (χ1n) is 8.45. The quantitative estimate of drug-likeness (QED) is 0.754. The first kappa shape index (κ1) is 19.2. The highest BCUT2D eigenvalue weighted by Gasteiger charge is 2.24. The van der Waals surface area contributed by atoms with E-state index in [2.05, 4.69) is 5.32 Å². The minimum Gasteiger partial charge on any atom is -0.497 e. The summed E-state index contributed by atoms with van der Waals surface area (Å²) in [4.78, 5) is 25.8. The molecule has 1 aromatic carbocycles. The fourth-order valence-corrected chi connectivity index (χ4v) is 4.06. The number of benzene rings is 1. The molecular weight excluding hydrogens is 370 g/mol. The van der Waals surface area contributed by atoms with Crippen LogP contribution in [-0.2, 0) is 22.6 Å². The Morgan fingerprint density at radius 1 is 1.30 bits per heavy atom. The molecule has 1 amide bonds. The monoisotopic (exact) mass is 391 g/mol. The molecule has 0 aliphatic carbocycles. The fourth-order valence-electron chi connectivity index (χ4n) is 3.01. The molecule has 0 saturated carbocycles. The molecule has 2 aromatic rings. The number of fused-ring (bicyclic) bond motifs is 1. The summed E-state index contributed by atoms with van der Waals surface area (Å²) >= 11 is 1.42. The average Bonchev–Trinajstić information content (AvgIpc) is 3.11. The number of rotatable bonds is 7. The van der Waals surface area contributed by atoms with Gasteiger partial charge in [-0.2, -0.15) is 0 Å².